The summed E-state index contributed by atoms with van der Waals surface area (Å²) in [7, 11) is 0. The Morgan fingerprint density at radius 1 is 0.812 bits per heavy atom. The van der Waals surface area contributed by atoms with Gasteiger partial charge in [0.1, 0.15) is 11.6 Å². The minimum absolute atomic E-state index is 0.0110. The predicted octanol–water partition coefficient (Wildman–Crippen LogP) is 5.95. The number of para-hydroxylation sites is 1. The van der Waals surface area contributed by atoms with Gasteiger partial charge >= 0.3 is 12.1 Å². The molecule has 1 saturated heterocycles. The summed E-state index contributed by atoms with van der Waals surface area (Å²) in [4.78, 5) is 70.1. The molecule has 2 atom stereocenters. The number of carbonyl (C=O) groups is 5. The molecule has 2 aliphatic rings. The van der Waals surface area contributed by atoms with E-state index in [-0.39, 0.29) is 37.2 Å². The highest BCUT2D eigenvalue weighted by Gasteiger charge is 2.59. The molecule has 1 unspecified atom stereocenters. The summed E-state index contributed by atoms with van der Waals surface area (Å²) < 4.78 is 0. The number of carbonyl (C=O) groups excluding carboxylic acids is 5. The van der Waals surface area contributed by atoms with Gasteiger partial charge in [-0.3, -0.25) is 14.4 Å². The summed E-state index contributed by atoms with van der Waals surface area (Å²) in [6.07, 6.45) is 3.70. The zero-order chi connectivity index (χ0) is 34.3. The van der Waals surface area contributed by atoms with Crippen molar-refractivity contribution in [2.75, 3.05) is 10.6 Å². The maximum absolute atomic E-state index is 14.4. The molecule has 0 radical (unpaired) electrons. The fraction of sp³-hybridized carbons (Fsp3) is 0.378. The van der Waals surface area contributed by atoms with E-state index in [1.165, 1.54) is 0 Å². The topological polar surface area (TPSA) is 154 Å². The first kappa shape index (κ1) is 34.2. The summed E-state index contributed by atoms with van der Waals surface area (Å²) in [6.45, 7) is 4.04. The number of imide groups is 1. The summed E-state index contributed by atoms with van der Waals surface area (Å²) in [5.74, 6) is -1.45. The zero-order valence-corrected chi connectivity index (χ0v) is 27.5. The number of hydrogen-bond acceptors (Lipinski definition) is 5. The molecule has 11 nitrogen and oxygen atoms in total. The minimum atomic E-state index is -1.07. The largest absolute Gasteiger partial charge is 0.370 e. The van der Waals surface area contributed by atoms with E-state index < -0.39 is 35.5 Å². The highest BCUT2D eigenvalue weighted by Crippen LogP contribution is 2.43. The first-order valence-electron chi connectivity index (χ1n) is 16.6. The molecule has 252 valence electrons. The van der Waals surface area contributed by atoms with Crippen molar-refractivity contribution in [3.63, 3.8) is 0 Å². The van der Waals surface area contributed by atoms with Gasteiger partial charge in [0.05, 0.1) is 12.5 Å². The van der Waals surface area contributed by atoms with Crippen LogP contribution in [0.5, 0.6) is 0 Å². The number of amides is 7. The molecule has 0 aromatic heterocycles. The van der Waals surface area contributed by atoms with Crippen LogP contribution in [0.2, 0.25) is 0 Å². The van der Waals surface area contributed by atoms with Crippen molar-refractivity contribution >= 4 is 41.2 Å². The number of urea groups is 2. The highest BCUT2D eigenvalue weighted by atomic mass is 16.2. The molecule has 3 aromatic carbocycles. The molecule has 1 heterocycles. The number of primary amides is 1. The lowest BCUT2D eigenvalue weighted by Crippen LogP contribution is -2.53. The van der Waals surface area contributed by atoms with Gasteiger partial charge in [0.15, 0.2) is 0 Å². The molecule has 2 fully saturated rings. The lowest BCUT2D eigenvalue weighted by atomic mass is 9.80. The van der Waals surface area contributed by atoms with Crippen LogP contribution in [-0.2, 0) is 20.9 Å². The van der Waals surface area contributed by atoms with E-state index in [4.69, 9.17) is 5.73 Å². The molecule has 5 rings (SSSR count). The van der Waals surface area contributed by atoms with Crippen LogP contribution in [0.1, 0.15) is 76.0 Å². The second-order valence-corrected chi connectivity index (χ2v) is 13.1. The third-order valence-electron chi connectivity index (χ3n) is 9.07. The third-order valence-corrected chi connectivity index (χ3v) is 9.07. The van der Waals surface area contributed by atoms with E-state index in [1.807, 2.05) is 50.2 Å². The van der Waals surface area contributed by atoms with Gasteiger partial charge in [-0.2, -0.15) is 0 Å². The number of nitrogens with two attached hydrogens (primary N) is 1. The van der Waals surface area contributed by atoms with E-state index in [0.29, 0.717) is 29.8 Å². The van der Waals surface area contributed by atoms with Crippen LogP contribution in [0.25, 0.3) is 0 Å². The van der Waals surface area contributed by atoms with Gasteiger partial charge in [-0.05, 0) is 60.6 Å². The van der Waals surface area contributed by atoms with Crippen molar-refractivity contribution in [3.05, 3.63) is 96.1 Å². The van der Waals surface area contributed by atoms with E-state index in [9.17, 15) is 24.0 Å². The molecule has 48 heavy (non-hydrogen) atoms. The Kier molecular flexibility index (Phi) is 10.8. The van der Waals surface area contributed by atoms with Crippen LogP contribution in [0.4, 0.5) is 21.0 Å². The predicted molar refractivity (Wildman–Crippen MR) is 184 cm³/mol. The average Bonchev–Trinajstić information content (AvgIpc) is 3.25. The van der Waals surface area contributed by atoms with Crippen LogP contribution < -0.4 is 21.7 Å². The molecule has 11 heteroatoms. The van der Waals surface area contributed by atoms with E-state index >= 15 is 0 Å². The maximum Gasteiger partial charge on any atom is 0.328 e. The molecule has 0 bridgehead atoms. The number of anilines is 2. The number of rotatable bonds is 12. The van der Waals surface area contributed by atoms with Gasteiger partial charge < -0.3 is 26.6 Å². The summed E-state index contributed by atoms with van der Waals surface area (Å²) in [6, 6.07) is 22.6. The van der Waals surface area contributed by atoms with Crippen LogP contribution >= 0.6 is 0 Å². The summed E-state index contributed by atoms with van der Waals surface area (Å²) in [5.41, 5.74) is 7.21. The lowest BCUT2D eigenvalue weighted by Gasteiger charge is -2.38. The van der Waals surface area contributed by atoms with Crippen molar-refractivity contribution in [3.8, 4) is 0 Å². The lowest BCUT2D eigenvalue weighted by molar-refractivity contribution is -0.141. The molecule has 1 aliphatic heterocycles. The Bertz CT molecular complexity index is 1610. The second-order valence-electron chi connectivity index (χ2n) is 13.1. The van der Waals surface area contributed by atoms with Gasteiger partial charge in [-0.1, -0.05) is 93.8 Å². The van der Waals surface area contributed by atoms with Gasteiger partial charge in [0, 0.05) is 17.9 Å². The van der Waals surface area contributed by atoms with E-state index in [0.717, 1.165) is 29.7 Å². The zero-order valence-electron chi connectivity index (χ0n) is 27.5. The van der Waals surface area contributed by atoms with Crippen LogP contribution in [0, 0.1) is 5.92 Å². The summed E-state index contributed by atoms with van der Waals surface area (Å²) in [5, 5.41) is 8.53. The standard InChI is InChI=1S/C37H44N6O5/c1-25(2)22-31(33(45)41-30(23-32(38)44)27-12-6-3-7-13-27)43-34(46)37(20-10-5-11-21-37)42(36(43)48)24-26-16-18-29(19-17-26)40-35(47)39-28-14-8-4-9-15-28/h3-4,6-9,12-19,25,30-31H,5,10-11,20-24H2,1-2H3,(H2,38,44)(H,41,45)(H2,39,40,47)/t30?,31-/m0/s1. The molecule has 1 saturated carbocycles. The maximum atomic E-state index is 14.4. The van der Waals surface area contributed by atoms with E-state index in [2.05, 4.69) is 16.0 Å². The van der Waals surface area contributed by atoms with Crippen molar-refractivity contribution in [1.29, 1.82) is 0 Å². The monoisotopic (exact) mass is 652 g/mol. The normalized spacial score (nSPS) is 16.9. The Hall–Kier alpha value is -5.19. The van der Waals surface area contributed by atoms with Gasteiger partial charge in [-0.25, -0.2) is 14.5 Å². The van der Waals surface area contributed by atoms with Crippen molar-refractivity contribution in [1.82, 2.24) is 15.1 Å². The molecular weight excluding hydrogens is 608 g/mol. The average molecular weight is 653 g/mol. The first-order chi connectivity index (χ1) is 23.1. The number of hydrogen-bond donors (Lipinski definition) is 4. The minimum Gasteiger partial charge on any atom is -0.370 e. The van der Waals surface area contributed by atoms with Crippen molar-refractivity contribution in [2.24, 2.45) is 11.7 Å². The van der Waals surface area contributed by atoms with Gasteiger partial charge in [0.25, 0.3) is 5.91 Å². The molecule has 1 aliphatic carbocycles. The van der Waals surface area contributed by atoms with Crippen molar-refractivity contribution in [2.45, 2.75) is 83.0 Å². The van der Waals surface area contributed by atoms with E-state index in [1.54, 1.807) is 53.4 Å². The Balaban J connectivity index is 1.37. The fourth-order valence-corrected chi connectivity index (χ4v) is 6.73. The molecule has 3 aromatic rings. The van der Waals surface area contributed by atoms with Crippen molar-refractivity contribution < 1.29 is 24.0 Å². The number of nitrogens with zero attached hydrogens (tertiary/aromatic N) is 2. The Labute approximate surface area is 281 Å². The molecule has 1 spiro atoms. The van der Waals surface area contributed by atoms with Crippen LogP contribution in [-0.4, -0.2) is 51.2 Å². The fourth-order valence-electron chi connectivity index (χ4n) is 6.73. The van der Waals surface area contributed by atoms with Gasteiger partial charge in [0.2, 0.25) is 11.8 Å². The second kappa shape index (κ2) is 15.1. The first-order valence-corrected chi connectivity index (χ1v) is 16.6. The molecule has 7 amide bonds. The van der Waals surface area contributed by atoms with Crippen LogP contribution in [0.3, 0.4) is 0 Å². The quantitative estimate of drug-likeness (QED) is 0.178. The highest BCUT2D eigenvalue weighted by molar-refractivity contribution is 6.10. The SMILES string of the molecule is CC(C)C[C@@H](C(=O)NC(CC(N)=O)c1ccccc1)N1C(=O)N(Cc2ccc(NC(=O)Nc3ccccc3)cc2)C2(CCCCC2)C1=O. The number of benzene rings is 3. The smallest absolute Gasteiger partial charge is 0.328 e. The number of nitrogens with one attached hydrogen (secondary N) is 3. The van der Waals surface area contributed by atoms with Gasteiger partial charge in [-0.15, -0.1) is 0 Å². The molecule has 5 N–H and O–H groups in total. The van der Waals surface area contributed by atoms with Crippen LogP contribution in [0.15, 0.2) is 84.9 Å². The third kappa shape index (κ3) is 7.84. The Morgan fingerprint density at radius 3 is 1.98 bits per heavy atom. The molecular formula is C37H44N6O5. The Morgan fingerprint density at radius 2 is 1.40 bits per heavy atom. The summed E-state index contributed by atoms with van der Waals surface area (Å²) >= 11 is 0.